The summed E-state index contributed by atoms with van der Waals surface area (Å²) in [6.07, 6.45) is 0.877. The first kappa shape index (κ1) is 26.5. The van der Waals surface area contributed by atoms with Crippen LogP contribution in [0.2, 0.25) is 0 Å². The van der Waals surface area contributed by atoms with Gasteiger partial charge in [0.25, 0.3) is 0 Å². The predicted octanol–water partition coefficient (Wildman–Crippen LogP) is 2.50. The first-order valence-corrected chi connectivity index (χ1v) is 12.9. The molecule has 1 aliphatic rings. The van der Waals surface area contributed by atoms with Crippen molar-refractivity contribution in [1.29, 1.82) is 0 Å². The maximum Gasteiger partial charge on any atom is 0.414 e. The number of piperazine rings is 1. The molecule has 0 radical (unpaired) electrons. The van der Waals surface area contributed by atoms with Gasteiger partial charge in [0.2, 0.25) is 5.91 Å². The maximum atomic E-state index is 12.2. The highest BCUT2D eigenvalue weighted by Crippen LogP contribution is 2.26. The molecule has 3 N–H and O–H groups in total. The Labute approximate surface area is 211 Å². The topological polar surface area (TPSA) is 123 Å². The van der Waals surface area contributed by atoms with Crippen LogP contribution in [0.1, 0.15) is 10.6 Å². The lowest BCUT2D eigenvalue weighted by Gasteiger charge is -2.33. The molecule has 0 spiro atoms. The normalized spacial score (nSPS) is 14.1. The number of rotatable bonds is 8. The molecule has 0 saturated carbocycles. The van der Waals surface area contributed by atoms with Crippen molar-refractivity contribution in [3.05, 3.63) is 63.8 Å². The van der Waals surface area contributed by atoms with Crippen LogP contribution in [0.15, 0.2) is 53.2 Å². The summed E-state index contributed by atoms with van der Waals surface area (Å²) >= 11 is 3.47. The third-order valence-corrected chi connectivity index (χ3v) is 7.00. The number of hydrogen-bond donors (Lipinski definition) is 3. The number of amides is 1. The van der Waals surface area contributed by atoms with E-state index in [4.69, 9.17) is 24.8 Å². The minimum absolute atomic E-state index is 0.120. The van der Waals surface area contributed by atoms with E-state index in [0.29, 0.717) is 13.1 Å². The fraction of sp³-hybridized carbons (Fsp3) is 0.333. The zero-order valence-corrected chi connectivity index (χ0v) is 20.8. The van der Waals surface area contributed by atoms with Crippen molar-refractivity contribution in [2.45, 2.75) is 13.0 Å². The van der Waals surface area contributed by atoms with Gasteiger partial charge in [0, 0.05) is 38.1 Å². The Hall–Kier alpha value is -3.12. The molecule has 0 bridgehead atoms. The summed E-state index contributed by atoms with van der Waals surface area (Å²) in [6.45, 7) is 5.88. The Bertz CT molecular complexity index is 1070. The first-order valence-electron chi connectivity index (χ1n) is 11.1. The number of nitrogens with one attached hydrogen (secondary N) is 1. The molecule has 2 aromatic heterocycles. The van der Waals surface area contributed by atoms with Crippen LogP contribution < -0.4 is 5.32 Å². The molecule has 0 aliphatic carbocycles. The standard InChI is InChI=1S/C22H26N4OS2.C2H2O4/c27-21(23-9-8-18-5-2-1-3-6-18)15-25-10-12-26(13-11-25)16-22-24-19(17-29-22)20-7-4-14-28-20;3-1(4)2(5)6/h1-7,14,17H,8-13,15-16H2,(H,23,27);(H,3,4)(H,5,6). The van der Waals surface area contributed by atoms with E-state index in [1.165, 1.54) is 15.4 Å². The van der Waals surface area contributed by atoms with Gasteiger partial charge in [-0.2, -0.15) is 0 Å². The fourth-order valence-electron chi connectivity index (χ4n) is 3.47. The van der Waals surface area contributed by atoms with Gasteiger partial charge in [0.15, 0.2) is 0 Å². The van der Waals surface area contributed by atoms with Crippen LogP contribution in [0.4, 0.5) is 0 Å². The second-order valence-corrected chi connectivity index (χ2v) is 9.74. The molecule has 3 heterocycles. The quantitative estimate of drug-likeness (QED) is 0.390. The monoisotopic (exact) mass is 516 g/mol. The van der Waals surface area contributed by atoms with Gasteiger partial charge in [-0.15, -0.1) is 22.7 Å². The third-order valence-electron chi connectivity index (χ3n) is 5.28. The van der Waals surface area contributed by atoms with Gasteiger partial charge in [0.1, 0.15) is 5.01 Å². The molecule has 0 atom stereocenters. The molecule has 1 saturated heterocycles. The van der Waals surface area contributed by atoms with Gasteiger partial charge in [0.05, 0.1) is 23.7 Å². The van der Waals surface area contributed by atoms with Gasteiger partial charge < -0.3 is 15.5 Å². The molecule has 0 unspecified atom stereocenters. The van der Waals surface area contributed by atoms with E-state index in [-0.39, 0.29) is 5.91 Å². The summed E-state index contributed by atoms with van der Waals surface area (Å²) < 4.78 is 0. The zero-order valence-electron chi connectivity index (χ0n) is 19.1. The molecule has 1 aliphatic heterocycles. The van der Waals surface area contributed by atoms with Crippen LogP contribution in [0, 0.1) is 0 Å². The summed E-state index contributed by atoms with van der Waals surface area (Å²) in [5.74, 6) is -3.53. The second-order valence-electron chi connectivity index (χ2n) is 7.85. The lowest BCUT2D eigenvalue weighted by molar-refractivity contribution is -0.159. The number of aliphatic carboxylic acids is 2. The molecule has 35 heavy (non-hydrogen) atoms. The van der Waals surface area contributed by atoms with Gasteiger partial charge in [-0.25, -0.2) is 14.6 Å². The van der Waals surface area contributed by atoms with Crippen LogP contribution in [0.25, 0.3) is 10.6 Å². The van der Waals surface area contributed by atoms with Crippen molar-refractivity contribution in [2.24, 2.45) is 0 Å². The Balaban J connectivity index is 0.000000509. The largest absolute Gasteiger partial charge is 0.473 e. The Morgan fingerprint density at radius 3 is 2.23 bits per heavy atom. The molecular formula is C24H28N4O5S2. The van der Waals surface area contributed by atoms with E-state index in [2.05, 4.69) is 50.1 Å². The van der Waals surface area contributed by atoms with Gasteiger partial charge in [-0.3, -0.25) is 14.6 Å². The second kappa shape index (κ2) is 13.7. The van der Waals surface area contributed by atoms with E-state index < -0.39 is 11.9 Å². The van der Waals surface area contributed by atoms with Crippen molar-refractivity contribution < 1.29 is 24.6 Å². The molecule has 1 amide bonds. The van der Waals surface area contributed by atoms with E-state index in [0.717, 1.165) is 44.8 Å². The zero-order chi connectivity index (χ0) is 25.0. The highest BCUT2D eigenvalue weighted by atomic mass is 32.1. The minimum Gasteiger partial charge on any atom is -0.473 e. The maximum absolute atomic E-state index is 12.2. The summed E-state index contributed by atoms with van der Waals surface area (Å²) in [7, 11) is 0. The molecular weight excluding hydrogens is 488 g/mol. The molecule has 4 rings (SSSR count). The number of thiophene rings is 1. The number of aromatic nitrogens is 1. The molecule has 9 nitrogen and oxygen atoms in total. The number of nitrogens with zero attached hydrogens (tertiary/aromatic N) is 3. The summed E-state index contributed by atoms with van der Waals surface area (Å²) in [5, 5.41) is 23.2. The Morgan fingerprint density at radius 1 is 0.914 bits per heavy atom. The lowest BCUT2D eigenvalue weighted by atomic mass is 10.1. The molecule has 186 valence electrons. The molecule has 11 heteroatoms. The van der Waals surface area contributed by atoms with E-state index >= 15 is 0 Å². The van der Waals surface area contributed by atoms with Crippen LogP contribution in [0.3, 0.4) is 0 Å². The molecule has 1 fully saturated rings. The van der Waals surface area contributed by atoms with Crippen molar-refractivity contribution >= 4 is 40.5 Å². The highest BCUT2D eigenvalue weighted by molar-refractivity contribution is 7.14. The number of carbonyl (C=O) groups excluding carboxylic acids is 1. The number of hydrogen-bond acceptors (Lipinski definition) is 8. The smallest absolute Gasteiger partial charge is 0.414 e. The average Bonchev–Trinajstić information content (AvgIpc) is 3.54. The Kier molecular flexibility index (Phi) is 10.4. The summed E-state index contributed by atoms with van der Waals surface area (Å²) in [6, 6.07) is 14.5. The molecule has 3 aromatic rings. The number of thiazole rings is 1. The minimum atomic E-state index is -1.82. The first-order chi connectivity index (χ1) is 16.9. The summed E-state index contributed by atoms with van der Waals surface area (Å²) in [5.41, 5.74) is 2.34. The van der Waals surface area contributed by atoms with E-state index in [1.807, 2.05) is 18.2 Å². The summed E-state index contributed by atoms with van der Waals surface area (Å²) in [4.78, 5) is 41.1. The van der Waals surface area contributed by atoms with E-state index in [1.54, 1.807) is 22.7 Å². The van der Waals surface area contributed by atoms with Crippen LogP contribution >= 0.6 is 22.7 Å². The van der Waals surface area contributed by atoms with Gasteiger partial charge >= 0.3 is 11.9 Å². The number of benzene rings is 1. The predicted molar refractivity (Wildman–Crippen MR) is 136 cm³/mol. The third kappa shape index (κ3) is 9.21. The van der Waals surface area contributed by atoms with E-state index in [9.17, 15) is 4.79 Å². The number of carboxylic acid groups (broad SMARTS) is 2. The SMILES string of the molecule is O=C(CN1CCN(Cc2nc(-c3cccs3)cs2)CC1)NCCc1ccccc1.O=C(O)C(=O)O. The van der Waals surface area contributed by atoms with Gasteiger partial charge in [-0.05, 0) is 23.4 Å². The van der Waals surface area contributed by atoms with Crippen LogP contribution in [-0.2, 0) is 27.3 Å². The van der Waals surface area contributed by atoms with Crippen LogP contribution in [0.5, 0.6) is 0 Å². The van der Waals surface area contributed by atoms with Crippen LogP contribution in [-0.4, -0.2) is 82.1 Å². The number of carbonyl (C=O) groups is 3. The number of carboxylic acids is 2. The van der Waals surface area contributed by atoms with Crippen molar-refractivity contribution in [3.8, 4) is 10.6 Å². The average molecular weight is 517 g/mol. The lowest BCUT2D eigenvalue weighted by Crippen LogP contribution is -2.49. The fourth-order valence-corrected chi connectivity index (χ4v) is 5.06. The van der Waals surface area contributed by atoms with Crippen molar-refractivity contribution in [2.75, 3.05) is 39.3 Å². The Morgan fingerprint density at radius 2 is 1.60 bits per heavy atom. The van der Waals surface area contributed by atoms with Crippen molar-refractivity contribution in [3.63, 3.8) is 0 Å². The van der Waals surface area contributed by atoms with Gasteiger partial charge in [-0.1, -0.05) is 36.4 Å². The highest BCUT2D eigenvalue weighted by Gasteiger charge is 2.20. The van der Waals surface area contributed by atoms with Crippen molar-refractivity contribution in [1.82, 2.24) is 20.1 Å². The molecule has 1 aromatic carbocycles.